The van der Waals surface area contributed by atoms with Crippen LogP contribution in [0.15, 0.2) is 24.3 Å². The molecule has 2 aromatic rings. The predicted octanol–water partition coefficient (Wildman–Crippen LogP) is 1.65. The second-order valence-corrected chi connectivity index (χ2v) is 5.47. The molecule has 0 bridgehead atoms. The Balaban J connectivity index is 2.29. The molecule has 6 heteroatoms. The number of para-hydroxylation sites is 1. The monoisotopic (exact) mass is 301 g/mol. The minimum Gasteiger partial charge on any atom is -0.348 e. The van der Waals surface area contributed by atoms with Crippen molar-refractivity contribution < 1.29 is 4.79 Å². The van der Waals surface area contributed by atoms with E-state index in [-0.39, 0.29) is 11.7 Å². The quantitative estimate of drug-likeness (QED) is 0.796. The molecule has 1 amide bonds. The molecule has 1 aromatic heterocycles. The summed E-state index contributed by atoms with van der Waals surface area (Å²) in [6, 6.07) is 8.05. The van der Waals surface area contributed by atoms with Gasteiger partial charge in [-0.2, -0.15) is 0 Å². The van der Waals surface area contributed by atoms with E-state index in [0.29, 0.717) is 24.8 Å². The second-order valence-electron chi connectivity index (χ2n) is 5.47. The number of likely N-dealkylation sites (N-methyl/N-ethyl adjacent to an activating group) is 1. The third kappa shape index (κ3) is 3.51. The zero-order valence-electron chi connectivity index (χ0n) is 13.6. The molecule has 0 saturated heterocycles. The summed E-state index contributed by atoms with van der Waals surface area (Å²) in [5.41, 5.74) is 2.15. The molecule has 0 unspecified atom stereocenters. The van der Waals surface area contributed by atoms with Crippen molar-refractivity contribution in [2.45, 2.75) is 26.7 Å². The molecule has 6 nitrogen and oxygen atoms in total. The first-order valence-corrected chi connectivity index (χ1v) is 7.50. The number of aromatic nitrogens is 3. The predicted molar refractivity (Wildman–Crippen MR) is 86.4 cm³/mol. The number of amides is 1. The molecule has 118 valence electrons. The maximum Gasteiger partial charge on any atom is 0.291 e. The number of carbonyl (C=O) groups excluding carboxylic acids is 1. The van der Waals surface area contributed by atoms with Crippen molar-refractivity contribution in [3.63, 3.8) is 0 Å². The van der Waals surface area contributed by atoms with Gasteiger partial charge in [-0.3, -0.25) is 4.79 Å². The van der Waals surface area contributed by atoms with Crippen LogP contribution in [0.2, 0.25) is 0 Å². The fourth-order valence-electron chi connectivity index (χ4n) is 2.26. The van der Waals surface area contributed by atoms with E-state index in [2.05, 4.69) is 40.6 Å². The Morgan fingerprint density at radius 3 is 2.68 bits per heavy atom. The smallest absolute Gasteiger partial charge is 0.291 e. The molecular formula is C16H23N5O. The first-order chi connectivity index (χ1) is 10.5. The highest BCUT2D eigenvalue weighted by Crippen LogP contribution is 2.23. The minimum atomic E-state index is -0.251. The first-order valence-electron chi connectivity index (χ1n) is 7.50. The summed E-state index contributed by atoms with van der Waals surface area (Å²) in [5, 5.41) is 10.1. The highest BCUT2D eigenvalue weighted by molar-refractivity contribution is 5.90. The summed E-state index contributed by atoms with van der Waals surface area (Å²) in [5.74, 6) is 1.02. The van der Waals surface area contributed by atoms with Crippen LogP contribution in [-0.2, 0) is 0 Å². The van der Waals surface area contributed by atoms with Crippen LogP contribution in [-0.4, -0.2) is 40.8 Å². The number of rotatable bonds is 6. The number of benzene rings is 1. The first kappa shape index (κ1) is 16.2. The summed E-state index contributed by atoms with van der Waals surface area (Å²) in [4.78, 5) is 16.3. The van der Waals surface area contributed by atoms with Crippen molar-refractivity contribution in [3.8, 4) is 5.69 Å². The zero-order chi connectivity index (χ0) is 16.1. The van der Waals surface area contributed by atoms with Crippen molar-refractivity contribution in [1.82, 2.24) is 25.4 Å². The maximum atomic E-state index is 12.1. The summed E-state index contributed by atoms with van der Waals surface area (Å²) >= 11 is 0. The molecule has 0 spiro atoms. The molecule has 2 N–H and O–H groups in total. The number of hydrogen-bond acceptors (Lipinski definition) is 4. The topological polar surface area (TPSA) is 71.8 Å². The Morgan fingerprint density at radius 1 is 1.27 bits per heavy atom. The van der Waals surface area contributed by atoms with Gasteiger partial charge in [-0.1, -0.05) is 32.0 Å². The molecule has 0 atom stereocenters. The van der Waals surface area contributed by atoms with Gasteiger partial charge in [0.05, 0.1) is 5.69 Å². The van der Waals surface area contributed by atoms with E-state index in [1.54, 1.807) is 4.68 Å². The summed E-state index contributed by atoms with van der Waals surface area (Å²) in [6.07, 6.45) is 0. The van der Waals surface area contributed by atoms with Gasteiger partial charge < -0.3 is 10.6 Å². The zero-order valence-corrected chi connectivity index (χ0v) is 13.6. The highest BCUT2D eigenvalue weighted by Gasteiger charge is 2.17. The van der Waals surface area contributed by atoms with Gasteiger partial charge >= 0.3 is 0 Å². The normalized spacial score (nSPS) is 11.0. The van der Waals surface area contributed by atoms with Gasteiger partial charge in [-0.25, -0.2) is 9.67 Å². The molecule has 0 aliphatic heterocycles. The Morgan fingerprint density at radius 2 is 2.00 bits per heavy atom. The molecule has 1 aromatic carbocycles. The largest absolute Gasteiger partial charge is 0.348 e. The molecule has 0 fully saturated rings. The molecule has 0 aliphatic rings. The van der Waals surface area contributed by atoms with Gasteiger partial charge in [-0.15, -0.1) is 5.10 Å². The molecule has 0 radical (unpaired) electrons. The van der Waals surface area contributed by atoms with Crippen LogP contribution >= 0.6 is 0 Å². The van der Waals surface area contributed by atoms with Crippen LogP contribution in [0.3, 0.4) is 0 Å². The molecular weight excluding hydrogens is 278 g/mol. The van der Waals surface area contributed by atoms with Crippen molar-refractivity contribution in [1.29, 1.82) is 0 Å². The van der Waals surface area contributed by atoms with Crippen LogP contribution in [0.25, 0.3) is 5.69 Å². The lowest BCUT2D eigenvalue weighted by Crippen LogP contribution is -2.31. The lowest BCUT2D eigenvalue weighted by molar-refractivity contribution is 0.0944. The summed E-state index contributed by atoms with van der Waals surface area (Å²) in [6.45, 7) is 7.38. The van der Waals surface area contributed by atoms with Gasteiger partial charge in [0.2, 0.25) is 5.82 Å². The molecule has 1 heterocycles. The third-order valence-corrected chi connectivity index (χ3v) is 3.42. The van der Waals surface area contributed by atoms with E-state index in [9.17, 15) is 4.79 Å². The average Bonchev–Trinajstić information content (AvgIpc) is 2.89. The molecule has 2 rings (SSSR count). The van der Waals surface area contributed by atoms with E-state index < -0.39 is 0 Å². The second kappa shape index (κ2) is 7.17. The number of nitrogens with one attached hydrogen (secondary N) is 2. The van der Waals surface area contributed by atoms with Crippen LogP contribution in [0.1, 0.15) is 41.8 Å². The van der Waals surface area contributed by atoms with Gasteiger partial charge in [-0.05, 0) is 31.5 Å². The van der Waals surface area contributed by atoms with Gasteiger partial charge in [0.1, 0.15) is 5.82 Å². The average molecular weight is 301 g/mol. The third-order valence-electron chi connectivity index (χ3n) is 3.42. The summed E-state index contributed by atoms with van der Waals surface area (Å²) < 4.78 is 1.74. The Labute approximate surface area is 130 Å². The Hall–Kier alpha value is -2.21. The number of aryl methyl sites for hydroxylation is 1. The van der Waals surface area contributed by atoms with E-state index in [1.165, 1.54) is 5.56 Å². The van der Waals surface area contributed by atoms with Gasteiger partial charge in [0.15, 0.2) is 0 Å². The van der Waals surface area contributed by atoms with Crippen molar-refractivity contribution in [2.24, 2.45) is 0 Å². The van der Waals surface area contributed by atoms with Crippen molar-refractivity contribution in [2.75, 3.05) is 20.1 Å². The van der Waals surface area contributed by atoms with Crippen molar-refractivity contribution in [3.05, 3.63) is 41.5 Å². The molecule has 0 aliphatic carbocycles. The summed E-state index contributed by atoms with van der Waals surface area (Å²) in [7, 11) is 1.84. The van der Waals surface area contributed by atoms with Crippen molar-refractivity contribution >= 4 is 5.91 Å². The maximum absolute atomic E-state index is 12.1. The van der Waals surface area contributed by atoms with Crippen LogP contribution in [0, 0.1) is 6.92 Å². The number of hydrogen-bond donors (Lipinski definition) is 2. The van der Waals surface area contributed by atoms with Gasteiger partial charge in [0, 0.05) is 13.1 Å². The Kier molecular flexibility index (Phi) is 5.27. The van der Waals surface area contributed by atoms with Crippen LogP contribution < -0.4 is 10.6 Å². The highest BCUT2D eigenvalue weighted by atomic mass is 16.2. The van der Waals surface area contributed by atoms with E-state index in [0.717, 1.165) is 5.69 Å². The number of carbonyl (C=O) groups is 1. The van der Waals surface area contributed by atoms with Gasteiger partial charge in [0.25, 0.3) is 5.91 Å². The Bertz CT molecular complexity index is 648. The lowest BCUT2D eigenvalue weighted by atomic mass is 10.0. The fraction of sp³-hybridized carbons (Fsp3) is 0.438. The van der Waals surface area contributed by atoms with Crippen LogP contribution in [0.4, 0.5) is 0 Å². The van der Waals surface area contributed by atoms with Crippen LogP contribution in [0.5, 0.6) is 0 Å². The molecule has 0 saturated carbocycles. The number of nitrogens with zero attached hydrogens (tertiary/aromatic N) is 3. The standard InChI is InChI=1S/C16H23N5O/c1-11(2)13-7-5-6-8-14(13)21-12(3)19-15(20-21)16(22)18-10-9-17-4/h5-8,11,17H,9-10H2,1-4H3,(H,18,22). The fourth-order valence-corrected chi connectivity index (χ4v) is 2.26. The van der Waals surface area contributed by atoms with E-state index in [1.807, 2.05) is 32.2 Å². The van der Waals surface area contributed by atoms with E-state index in [4.69, 9.17) is 0 Å². The minimum absolute atomic E-state index is 0.201. The SMILES string of the molecule is CNCCNC(=O)c1nc(C)n(-c2ccccc2C(C)C)n1. The lowest BCUT2D eigenvalue weighted by Gasteiger charge is -2.12. The molecule has 22 heavy (non-hydrogen) atoms. The van der Waals surface area contributed by atoms with E-state index >= 15 is 0 Å².